The summed E-state index contributed by atoms with van der Waals surface area (Å²) >= 11 is 0. The summed E-state index contributed by atoms with van der Waals surface area (Å²) < 4.78 is 28.3. The van der Waals surface area contributed by atoms with Crippen molar-refractivity contribution in [1.29, 1.82) is 0 Å². The molecule has 0 aromatic carbocycles. The Morgan fingerprint density at radius 2 is 1.90 bits per heavy atom. The molecule has 0 aromatic rings. The molecule has 1 unspecified atom stereocenters. The zero-order chi connectivity index (χ0) is 15.7. The quantitative estimate of drug-likeness (QED) is 0.727. The molecule has 1 aliphatic carbocycles. The lowest BCUT2D eigenvalue weighted by Crippen LogP contribution is -2.42. The minimum atomic E-state index is -3.28. The molecular weight excluding hydrogens is 286 g/mol. The van der Waals surface area contributed by atoms with Gasteiger partial charge in [-0.05, 0) is 43.6 Å². The van der Waals surface area contributed by atoms with Crippen LogP contribution in [0.25, 0.3) is 0 Å². The highest BCUT2D eigenvalue weighted by atomic mass is 32.2. The zero-order valence-electron chi connectivity index (χ0n) is 13.9. The van der Waals surface area contributed by atoms with E-state index in [1.54, 1.807) is 11.4 Å². The number of rotatable bonds is 7. The fourth-order valence-electron chi connectivity index (χ4n) is 2.85. The van der Waals surface area contributed by atoms with Crippen molar-refractivity contribution in [2.24, 2.45) is 11.3 Å². The van der Waals surface area contributed by atoms with E-state index in [9.17, 15) is 8.42 Å². The zero-order valence-corrected chi connectivity index (χ0v) is 14.7. The van der Waals surface area contributed by atoms with Crippen LogP contribution in [0.5, 0.6) is 0 Å². The summed E-state index contributed by atoms with van der Waals surface area (Å²) in [5.74, 6) is 0.456. The van der Waals surface area contributed by atoms with Crippen molar-refractivity contribution >= 4 is 10.2 Å². The molecule has 1 aliphatic heterocycles. The van der Waals surface area contributed by atoms with Gasteiger partial charge in [0, 0.05) is 32.7 Å². The fraction of sp³-hybridized carbons (Fsp3) is 1.00. The summed E-state index contributed by atoms with van der Waals surface area (Å²) in [6, 6.07) is 0.693. The third-order valence-corrected chi connectivity index (χ3v) is 6.71. The molecule has 0 aromatic heterocycles. The van der Waals surface area contributed by atoms with E-state index in [0.717, 1.165) is 19.4 Å². The van der Waals surface area contributed by atoms with Crippen LogP contribution in [0, 0.1) is 11.3 Å². The lowest BCUT2D eigenvalue weighted by Gasteiger charge is -2.28. The van der Waals surface area contributed by atoms with Gasteiger partial charge in [0.15, 0.2) is 0 Å². The van der Waals surface area contributed by atoms with E-state index >= 15 is 0 Å². The smallest absolute Gasteiger partial charge is 0.281 e. The Kier molecular flexibility index (Phi) is 5.34. The Hall–Kier alpha value is -0.170. The standard InChI is InChI=1S/C15H31N3O2S/c1-15(2,3)13-8-11-18(12-13)21(19,20)17(4)10-5-9-16-14-6-7-14/h13-14,16H,5-12H2,1-4H3. The van der Waals surface area contributed by atoms with Gasteiger partial charge < -0.3 is 5.32 Å². The van der Waals surface area contributed by atoms with Crippen molar-refractivity contribution < 1.29 is 8.42 Å². The van der Waals surface area contributed by atoms with E-state index in [1.807, 2.05) is 0 Å². The van der Waals surface area contributed by atoms with Crippen LogP contribution >= 0.6 is 0 Å². The SMILES string of the molecule is CN(CCCNC1CC1)S(=O)(=O)N1CCC(C(C)(C)C)C1. The van der Waals surface area contributed by atoms with Crippen LogP contribution in [0.3, 0.4) is 0 Å². The predicted molar refractivity (Wildman–Crippen MR) is 86.3 cm³/mol. The van der Waals surface area contributed by atoms with E-state index in [4.69, 9.17) is 0 Å². The van der Waals surface area contributed by atoms with Crippen molar-refractivity contribution in [3.8, 4) is 0 Å². The summed E-state index contributed by atoms with van der Waals surface area (Å²) in [7, 11) is -1.57. The Morgan fingerprint density at radius 3 is 2.43 bits per heavy atom. The maximum Gasteiger partial charge on any atom is 0.281 e. The first-order valence-electron chi connectivity index (χ1n) is 8.16. The molecule has 1 saturated heterocycles. The van der Waals surface area contributed by atoms with E-state index in [2.05, 4.69) is 26.1 Å². The monoisotopic (exact) mass is 317 g/mol. The lowest BCUT2D eigenvalue weighted by atomic mass is 9.80. The molecule has 1 N–H and O–H groups in total. The van der Waals surface area contributed by atoms with E-state index < -0.39 is 10.2 Å². The first-order chi connectivity index (χ1) is 9.71. The van der Waals surface area contributed by atoms with Crippen LogP contribution in [0.15, 0.2) is 0 Å². The van der Waals surface area contributed by atoms with Gasteiger partial charge in [-0.2, -0.15) is 17.0 Å². The molecule has 2 aliphatic rings. The van der Waals surface area contributed by atoms with Crippen molar-refractivity contribution in [1.82, 2.24) is 13.9 Å². The summed E-state index contributed by atoms with van der Waals surface area (Å²) in [6.45, 7) is 9.42. The van der Waals surface area contributed by atoms with Gasteiger partial charge in [0.2, 0.25) is 0 Å². The highest BCUT2D eigenvalue weighted by Crippen LogP contribution is 2.34. The van der Waals surface area contributed by atoms with Gasteiger partial charge in [-0.3, -0.25) is 0 Å². The van der Waals surface area contributed by atoms with Crippen molar-refractivity contribution in [2.45, 2.75) is 52.5 Å². The molecule has 2 rings (SSSR count). The van der Waals surface area contributed by atoms with Crippen LogP contribution in [0.4, 0.5) is 0 Å². The molecule has 0 bridgehead atoms. The average Bonchev–Trinajstić information content (AvgIpc) is 3.04. The number of hydrogen-bond acceptors (Lipinski definition) is 3. The maximum atomic E-state index is 12.6. The molecule has 6 heteroatoms. The lowest BCUT2D eigenvalue weighted by molar-refractivity contribution is 0.249. The minimum Gasteiger partial charge on any atom is -0.314 e. The third kappa shape index (κ3) is 4.65. The van der Waals surface area contributed by atoms with Crippen LogP contribution in [-0.4, -0.2) is 56.3 Å². The van der Waals surface area contributed by atoms with E-state index in [-0.39, 0.29) is 5.41 Å². The molecule has 1 saturated carbocycles. The van der Waals surface area contributed by atoms with Crippen LogP contribution in [0.1, 0.15) is 46.5 Å². The van der Waals surface area contributed by atoms with Gasteiger partial charge in [-0.1, -0.05) is 20.8 Å². The highest BCUT2D eigenvalue weighted by Gasteiger charge is 2.38. The number of nitrogens with zero attached hydrogens (tertiary/aromatic N) is 2. The Labute approximate surface area is 130 Å². The largest absolute Gasteiger partial charge is 0.314 e. The topological polar surface area (TPSA) is 52.7 Å². The summed E-state index contributed by atoms with van der Waals surface area (Å²) in [5.41, 5.74) is 0.178. The van der Waals surface area contributed by atoms with Crippen molar-refractivity contribution in [2.75, 3.05) is 33.2 Å². The van der Waals surface area contributed by atoms with Gasteiger partial charge >= 0.3 is 0 Å². The van der Waals surface area contributed by atoms with Crippen LogP contribution in [0.2, 0.25) is 0 Å². The fourth-order valence-corrected chi connectivity index (χ4v) is 4.31. The minimum absolute atomic E-state index is 0.178. The Bertz CT molecular complexity index is 440. The molecule has 0 amide bonds. The molecule has 1 heterocycles. The van der Waals surface area contributed by atoms with Crippen LogP contribution in [-0.2, 0) is 10.2 Å². The van der Waals surface area contributed by atoms with Crippen LogP contribution < -0.4 is 5.32 Å². The number of nitrogens with one attached hydrogen (secondary N) is 1. The van der Waals surface area contributed by atoms with Gasteiger partial charge in [-0.15, -0.1) is 0 Å². The Balaban J connectivity index is 1.79. The maximum absolute atomic E-state index is 12.6. The third-order valence-electron chi connectivity index (χ3n) is 4.76. The summed E-state index contributed by atoms with van der Waals surface area (Å²) in [6.07, 6.45) is 4.40. The van der Waals surface area contributed by atoms with Gasteiger partial charge in [0.05, 0.1) is 0 Å². The second-order valence-corrected chi connectivity index (χ2v) is 9.66. The highest BCUT2D eigenvalue weighted by molar-refractivity contribution is 7.86. The molecule has 124 valence electrons. The summed E-state index contributed by atoms with van der Waals surface area (Å²) in [4.78, 5) is 0. The van der Waals surface area contributed by atoms with Gasteiger partial charge in [0.25, 0.3) is 10.2 Å². The molecule has 0 spiro atoms. The normalized spacial score (nSPS) is 24.9. The van der Waals surface area contributed by atoms with Crippen molar-refractivity contribution in [3.63, 3.8) is 0 Å². The molecule has 21 heavy (non-hydrogen) atoms. The van der Waals surface area contributed by atoms with Crippen molar-refractivity contribution in [3.05, 3.63) is 0 Å². The number of hydrogen-bond donors (Lipinski definition) is 1. The predicted octanol–water partition coefficient (Wildman–Crippen LogP) is 1.67. The Morgan fingerprint density at radius 1 is 1.24 bits per heavy atom. The van der Waals surface area contributed by atoms with Gasteiger partial charge in [-0.25, -0.2) is 0 Å². The average molecular weight is 317 g/mol. The molecule has 5 nitrogen and oxygen atoms in total. The first-order valence-corrected chi connectivity index (χ1v) is 9.56. The first kappa shape index (κ1) is 17.2. The second-order valence-electron chi connectivity index (χ2n) is 7.62. The van der Waals surface area contributed by atoms with E-state index in [0.29, 0.717) is 31.6 Å². The molecular formula is C15H31N3O2S. The molecule has 0 radical (unpaired) electrons. The van der Waals surface area contributed by atoms with E-state index in [1.165, 1.54) is 17.1 Å². The summed E-state index contributed by atoms with van der Waals surface area (Å²) in [5, 5.41) is 3.42. The van der Waals surface area contributed by atoms with Gasteiger partial charge in [0.1, 0.15) is 0 Å². The second kappa shape index (κ2) is 6.52. The molecule has 2 fully saturated rings. The molecule has 1 atom stereocenters.